The van der Waals surface area contributed by atoms with E-state index in [9.17, 15) is 18.0 Å². The van der Waals surface area contributed by atoms with E-state index in [0.717, 1.165) is 13.2 Å². The minimum atomic E-state index is -4.00. The van der Waals surface area contributed by atoms with Crippen molar-refractivity contribution in [2.45, 2.75) is 24.8 Å². The van der Waals surface area contributed by atoms with Gasteiger partial charge in [0.2, 0.25) is 10.0 Å². The van der Waals surface area contributed by atoms with E-state index in [4.69, 9.17) is 5.11 Å². The molecule has 1 aromatic rings. The third-order valence-corrected chi connectivity index (χ3v) is 4.17. The summed E-state index contributed by atoms with van der Waals surface area (Å²) in [5, 5.41) is 8.97. The summed E-state index contributed by atoms with van der Waals surface area (Å²) in [5.74, 6) is -1.96. The van der Waals surface area contributed by atoms with Crippen LogP contribution in [0.2, 0.25) is 0 Å². The van der Waals surface area contributed by atoms with Crippen molar-refractivity contribution in [3.63, 3.8) is 0 Å². The number of carbonyl (C=O) groups excluding carboxylic acids is 1. The third kappa shape index (κ3) is 3.55. The molecule has 1 aromatic carbocycles. The summed E-state index contributed by atoms with van der Waals surface area (Å²) in [5.41, 5.74) is 0.330. The summed E-state index contributed by atoms with van der Waals surface area (Å²) in [7, 11) is -2.86. The zero-order valence-electron chi connectivity index (χ0n) is 11.2. The molecule has 0 heterocycles. The Hall–Kier alpha value is -1.93. The smallest absolute Gasteiger partial charge is 0.335 e. The van der Waals surface area contributed by atoms with Crippen LogP contribution in [-0.2, 0) is 19.6 Å². The predicted molar refractivity (Wildman–Crippen MR) is 69.9 cm³/mol. The molecule has 1 unspecified atom stereocenters. The Labute approximate surface area is 116 Å². The lowest BCUT2D eigenvalue weighted by Gasteiger charge is -2.13. The van der Waals surface area contributed by atoms with Crippen molar-refractivity contribution in [1.29, 1.82) is 0 Å². The van der Waals surface area contributed by atoms with Gasteiger partial charge in [-0.1, -0.05) is 6.07 Å². The van der Waals surface area contributed by atoms with Crippen LogP contribution in [0.3, 0.4) is 0 Å². The number of carboxylic acid groups (broad SMARTS) is 1. The molecular formula is C12H15NO6S. The summed E-state index contributed by atoms with van der Waals surface area (Å²) < 4.78 is 30.6. The number of rotatable bonds is 5. The van der Waals surface area contributed by atoms with Crippen LogP contribution >= 0.6 is 0 Å². The Morgan fingerprint density at radius 2 is 1.95 bits per heavy atom. The SMILES string of the molecule is COC(=O)C(C)NS(=O)(=O)c1ccc(C)c(C(=O)O)c1. The fraction of sp³-hybridized carbons (Fsp3) is 0.333. The number of sulfonamides is 1. The van der Waals surface area contributed by atoms with Crippen LogP contribution in [0.1, 0.15) is 22.8 Å². The Morgan fingerprint density at radius 1 is 1.35 bits per heavy atom. The zero-order valence-corrected chi connectivity index (χ0v) is 12.0. The number of esters is 1. The number of hydrogen-bond acceptors (Lipinski definition) is 5. The van der Waals surface area contributed by atoms with Crippen molar-refractivity contribution in [3.05, 3.63) is 29.3 Å². The first-order valence-electron chi connectivity index (χ1n) is 5.63. The Morgan fingerprint density at radius 3 is 2.45 bits per heavy atom. The highest BCUT2D eigenvalue weighted by Crippen LogP contribution is 2.16. The van der Waals surface area contributed by atoms with Crippen molar-refractivity contribution in [1.82, 2.24) is 4.72 Å². The van der Waals surface area contributed by atoms with E-state index < -0.39 is 28.0 Å². The van der Waals surface area contributed by atoms with Crippen LogP contribution < -0.4 is 4.72 Å². The average Bonchev–Trinajstić information content (AvgIpc) is 2.36. The van der Waals surface area contributed by atoms with Gasteiger partial charge < -0.3 is 9.84 Å². The Kier molecular flexibility index (Phi) is 4.85. The van der Waals surface area contributed by atoms with Crippen molar-refractivity contribution in [2.75, 3.05) is 7.11 Å². The van der Waals surface area contributed by atoms with Crippen LogP contribution in [0.25, 0.3) is 0 Å². The molecule has 7 nitrogen and oxygen atoms in total. The lowest BCUT2D eigenvalue weighted by atomic mass is 10.1. The standard InChI is InChI=1S/C12H15NO6S/c1-7-4-5-9(6-10(7)11(14)15)20(17,18)13-8(2)12(16)19-3/h4-6,8,13H,1-3H3,(H,14,15). The van der Waals surface area contributed by atoms with E-state index >= 15 is 0 Å². The number of benzene rings is 1. The van der Waals surface area contributed by atoms with E-state index in [0.29, 0.717) is 5.56 Å². The first-order chi connectivity index (χ1) is 9.19. The molecule has 0 fully saturated rings. The maximum Gasteiger partial charge on any atom is 0.335 e. The van der Waals surface area contributed by atoms with Gasteiger partial charge in [0.1, 0.15) is 6.04 Å². The largest absolute Gasteiger partial charge is 0.478 e. The molecular weight excluding hydrogens is 286 g/mol. The minimum Gasteiger partial charge on any atom is -0.478 e. The second kappa shape index (κ2) is 6.02. The average molecular weight is 301 g/mol. The summed E-state index contributed by atoms with van der Waals surface area (Å²) in [4.78, 5) is 22.0. The van der Waals surface area contributed by atoms with Gasteiger partial charge in [-0.3, -0.25) is 4.79 Å². The second-order valence-corrected chi connectivity index (χ2v) is 5.86. The van der Waals surface area contributed by atoms with E-state index in [1.54, 1.807) is 6.92 Å². The number of methoxy groups -OCH3 is 1. The van der Waals surface area contributed by atoms with E-state index in [1.165, 1.54) is 19.1 Å². The molecule has 0 saturated carbocycles. The van der Waals surface area contributed by atoms with Gasteiger partial charge in [-0.2, -0.15) is 4.72 Å². The van der Waals surface area contributed by atoms with Crippen LogP contribution in [0.5, 0.6) is 0 Å². The molecule has 0 spiro atoms. The maximum absolute atomic E-state index is 12.0. The van der Waals surface area contributed by atoms with Gasteiger partial charge in [-0.15, -0.1) is 0 Å². The third-order valence-electron chi connectivity index (χ3n) is 2.64. The normalized spacial score (nSPS) is 12.8. The number of nitrogens with one attached hydrogen (secondary N) is 1. The number of aryl methyl sites for hydroxylation is 1. The minimum absolute atomic E-state index is 0.112. The molecule has 0 aliphatic carbocycles. The molecule has 1 atom stereocenters. The fourth-order valence-corrected chi connectivity index (χ4v) is 2.74. The van der Waals surface area contributed by atoms with Gasteiger partial charge in [-0.05, 0) is 31.5 Å². The highest BCUT2D eigenvalue weighted by Gasteiger charge is 2.23. The predicted octanol–water partition coefficient (Wildman–Crippen LogP) is 0.533. The summed E-state index contributed by atoms with van der Waals surface area (Å²) in [6, 6.07) is 2.64. The summed E-state index contributed by atoms with van der Waals surface area (Å²) in [6.07, 6.45) is 0. The zero-order chi connectivity index (χ0) is 15.5. The monoisotopic (exact) mass is 301 g/mol. The molecule has 110 valence electrons. The van der Waals surface area contributed by atoms with Gasteiger partial charge in [-0.25, -0.2) is 13.2 Å². The molecule has 0 bridgehead atoms. The van der Waals surface area contributed by atoms with Gasteiger partial charge in [0, 0.05) is 0 Å². The van der Waals surface area contributed by atoms with Crippen molar-refractivity contribution >= 4 is 22.0 Å². The van der Waals surface area contributed by atoms with Crippen molar-refractivity contribution < 1.29 is 27.9 Å². The quantitative estimate of drug-likeness (QED) is 0.768. The van der Waals surface area contributed by atoms with Crippen LogP contribution in [0.4, 0.5) is 0 Å². The van der Waals surface area contributed by atoms with Gasteiger partial charge >= 0.3 is 11.9 Å². The highest BCUT2D eigenvalue weighted by atomic mass is 32.2. The first-order valence-corrected chi connectivity index (χ1v) is 7.11. The molecule has 2 N–H and O–H groups in total. The lowest BCUT2D eigenvalue weighted by Crippen LogP contribution is -2.39. The molecule has 0 aliphatic heterocycles. The number of ether oxygens (including phenoxy) is 1. The van der Waals surface area contributed by atoms with Gasteiger partial charge in [0.15, 0.2) is 0 Å². The van der Waals surface area contributed by atoms with Crippen LogP contribution in [0, 0.1) is 6.92 Å². The Balaban J connectivity index is 3.13. The lowest BCUT2D eigenvalue weighted by molar-refractivity contribution is -0.142. The van der Waals surface area contributed by atoms with Gasteiger partial charge in [0.05, 0.1) is 17.6 Å². The number of aromatic carboxylic acids is 1. The Bertz CT molecular complexity index is 637. The maximum atomic E-state index is 12.0. The number of carbonyl (C=O) groups is 2. The number of carboxylic acids is 1. The molecule has 0 saturated heterocycles. The van der Waals surface area contributed by atoms with Crippen LogP contribution in [-0.4, -0.2) is 38.6 Å². The highest BCUT2D eigenvalue weighted by molar-refractivity contribution is 7.89. The van der Waals surface area contributed by atoms with Gasteiger partial charge in [0.25, 0.3) is 0 Å². The van der Waals surface area contributed by atoms with E-state index in [1.807, 2.05) is 0 Å². The van der Waals surface area contributed by atoms with Crippen molar-refractivity contribution in [2.24, 2.45) is 0 Å². The molecule has 0 amide bonds. The molecule has 8 heteroatoms. The first kappa shape index (κ1) is 16.1. The molecule has 0 aliphatic rings. The second-order valence-electron chi connectivity index (χ2n) is 4.15. The van der Waals surface area contributed by atoms with Crippen molar-refractivity contribution in [3.8, 4) is 0 Å². The molecule has 20 heavy (non-hydrogen) atoms. The van der Waals surface area contributed by atoms with E-state index in [2.05, 4.69) is 9.46 Å². The fourth-order valence-electron chi connectivity index (χ4n) is 1.52. The number of hydrogen-bond donors (Lipinski definition) is 2. The molecule has 1 rings (SSSR count). The molecule has 0 aromatic heterocycles. The molecule has 0 radical (unpaired) electrons. The topological polar surface area (TPSA) is 110 Å². The van der Waals surface area contributed by atoms with Crippen LogP contribution in [0.15, 0.2) is 23.1 Å². The summed E-state index contributed by atoms with van der Waals surface area (Å²) >= 11 is 0. The summed E-state index contributed by atoms with van der Waals surface area (Å²) in [6.45, 7) is 2.89. The van der Waals surface area contributed by atoms with E-state index in [-0.39, 0.29) is 10.5 Å².